The number of hydrogen-bond donors (Lipinski definition) is 1. The number of hydrogen-bond acceptors (Lipinski definition) is 6. The number of halogens is 1. The van der Waals surface area contributed by atoms with Crippen molar-refractivity contribution in [3.05, 3.63) is 75.7 Å². The van der Waals surface area contributed by atoms with Gasteiger partial charge in [-0.05, 0) is 23.9 Å². The van der Waals surface area contributed by atoms with Crippen molar-refractivity contribution in [2.75, 3.05) is 0 Å². The summed E-state index contributed by atoms with van der Waals surface area (Å²) in [6.07, 6.45) is 0. The van der Waals surface area contributed by atoms with E-state index in [2.05, 4.69) is 19.9 Å². The van der Waals surface area contributed by atoms with E-state index in [1.54, 1.807) is 12.1 Å². The smallest absolute Gasteiger partial charge is 0.270 e. The summed E-state index contributed by atoms with van der Waals surface area (Å²) in [7, 11) is 0. The van der Waals surface area contributed by atoms with Crippen molar-refractivity contribution in [3.63, 3.8) is 0 Å². The van der Waals surface area contributed by atoms with Crippen molar-refractivity contribution in [1.29, 1.82) is 5.26 Å². The number of aromatic amines is 1. The normalized spacial score (nSPS) is 10.7. The molecule has 27 heavy (non-hydrogen) atoms. The molecular weight excluding hydrogens is 382 g/mol. The molecule has 2 heterocycles. The van der Waals surface area contributed by atoms with E-state index < -0.39 is 5.56 Å². The van der Waals surface area contributed by atoms with Gasteiger partial charge in [-0.3, -0.25) is 9.78 Å². The maximum absolute atomic E-state index is 12.4. The third kappa shape index (κ3) is 3.40. The first-order valence-corrected chi connectivity index (χ1v) is 9.05. The molecule has 4 aromatic rings. The van der Waals surface area contributed by atoms with Crippen LogP contribution in [-0.2, 0) is 0 Å². The minimum Gasteiger partial charge on any atom is -0.300 e. The highest BCUT2D eigenvalue weighted by molar-refractivity contribution is 7.99. The number of benzene rings is 2. The molecule has 2 aromatic heterocycles. The van der Waals surface area contributed by atoms with Crippen LogP contribution in [0, 0.1) is 11.3 Å². The zero-order chi connectivity index (χ0) is 18.8. The predicted molar refractivity (Wildman–Crippen MR) is 104 cm³/mol. The number of nitrogens with one attached hydrogen (secondary N) is 1. The molecule has 0 unspecified atom stereocenters. The fourth-order valence-electron chi connectivity index (χ4n) is 2.53. The summed E-state index contributed by atoms with van der Waals surface area (Å²) >= 11 is 7.33. The van der Waals surface area contributed by atoms with E-state index >= 15 is 0 Å². The van der Waals surface area contributed by atoms with Crippen molar-refractivity contribution < 1.29 is 0 Å². The van der Waals surface area contributed by atoms with Gasteiger partial charge in [-0.25, -0.2) is 15.0 Å². The topological polar surface area (TPSA) is 95.3 Å². The van der Waals surface area contributed by atoms with Crippen molar-refractivity contribution in [1.82, 2.24) is 19.9 Å². The number of aromatic nitrogens is 4. The lowest BCUT2D eigenvalue weighted by atomic mass is 10.1. The minimum absolute atomic E-state index is 0.0405. The highest BCUT2D eigenvalue weighted by atomic mass is 35.5. The van der Waals surface area contributed by atoms with Crippen LogP contribution in [0.2, 0.25) is 5.15 Å². The number of nitriles is 1. The van der Waals surface area contributed by atoms with E-state index in [0.29, 0.717) is 27.3 Å². The molecule has 8 heteroatoms. The van der Waals surface area contributed by atoms with Gasteiger partial charge in [-0.1, -0.05) is 54.1 Å². The molecule has 1 N–H and O–H groups in total. The average molecular weight is 392 g/mol. The predicted octanol–water partition coefficient (Wildman–Crippen LogP) is 4.06. The van der Waals surface area contributed by atoms with E-state index in [0.717, 1.165) is 11.8 Å². The third-order valence-corrected chi connectivity index (χ3v) is 4.99. The molecule has 0 aliphatic heterocycles. The quantitative estimate of drug-likeness (QED) is 0.529. The second-order valence-electron chi connectivity index (χ2n) is 5.48. The molecule has 0 saturated carbocycles. The first-order valence-electron chi connectivity index (χ1n) is 7.85. The summed E-state index contributed by atoms with van der Waals surface area (Å²) < 4.78 is 0. The van der Waals surface area contributed by atoms with Gasteiger partial charge in [0.25, 0.3) is 5.56 Å². The summed E-state index contributed by atoms with van der Waals surface area (Å²) in [6.45, 7) is 0. The lowest BCUT2D eigenvalue weighted by molar-refractivity contribution is 0.930. The van der Waals surface area contributed by atoms with Crippen LogP contribution in [0.15, 0.2) is 69.6 Å². The van der Waals surface area contributed by atoms with Crippen LogP contribution >= 0.6 is 23.4 Å². The lowest BCUT2D eigenvalue weighted by Gasteiger charge is -2.07. The van der Waals surface area contributed by atoms with Crippen molar-refractivity contribution >= 4 is 34.4 Å². The van der Waals surface area contributed by atoms with Gasteiger partial charge in [0.15, 0.2) is 10.3 Å². The highest BCUT2D eigenvalue weighted by Crippen LogP contribution is 2.31. The second-order valence-corrected chi connectivity index (χ2v) is 6.82. The van der Waals surface area contributed by atoms with Gasteiger partial charge < -0.3 is 0 Å². The lowest BCUT2D eigenvalue weighted by Crippen LogP contribution is -2.14. The molecule has 2 aromatic carbocycles. The molecule has 0 aliphatic carbocycles. The summed E-state index contributed by atoms with van der Waals surface area (Å²) in [5.74, 6) is 0. The summed E-state index contributed by atoms with van der Waals surface area (Å²) in [6, 6.07) is 18.3. The molecule has 130 valence electrons. The monoisotopic (exact) mass is 391 g/mol. The molecule has 0 bridgehead atoms. The average Bonchev–Trinajstić information content (AvgIpc) is 2.69. The van der Waals surface area contributed by atoms with Crippen LogP contribution in [-0.4, -0.2) is 19.9 Å². The minimum atomic E-state index is -0.515. The summed E-state index contributed by atoms with van der Waals surface area (Å²) in [4.78, 5) is 28.2. The van der Waals surface area contributed by atoms with E-state index in [1.807, 2.05) is 48.5 Å². The van der Waals surface area contributed by atoms with Crippen LogP contribution in [0.5, 0.6) is 0 Å². The largest absolute Gasteiger partial charge is 0.300 e. The van der Waals surface area contributed by atoms with Gasteiger partial charge >= 0.3 is 0 Å². The van der Waals surface area contributed by atoms with Gasteiger partial charge in [-0.15, -0.1) is 0 Å². The first kappa shape index (κ1) is 17.2. The fraction of sp³-hybridized carbons (Fsp3) is 0. The van der Waals surface area contributed by atoms with Crippen LogP contribution in [0.25, 0.3) is 22.3 Å². The van der Waals surface area contributed by atoms with E-state index in [-0.39, 0.29) is 15.9 Å². The van der Waals surface area contributed by atoms with Crippen LogP contribution in [0.4, 0.5) is 0 Å². The maximum Gasteiger partial charge on any atom is 0.270 e. The maximum atomic E-state index is 12.4. The fourth-order valence-corrected chi connectivity index (χ4v) is 3.52. The number of para-hydroxylation sites is 2. The summed E-state index contributed by atoms with van der Waals surface area (Å²) in [5.41, 5.74) is 1.80. The number of nitrogens with zero attached hydrogens (tertiary/aromatic N) is 4. The molecule has 0 atom stereocenters. The first-order chi connectivity index (χ1) is 13.2. The van der Waals surface area contributed by atoms with Crippen LogP contribution < -0.4 is 5.56 Å². The SMILES string of the molecule is N#Cc1c(-c2ccccc2)nc(Sc2nc3ccccc3nc2Cl)[nH]c1=O. The number of H-pyrrole nitrogens is 1. The van der Waals surface area contributed by atoms with E-state index in [1.165, 1.54) is 0 Å². The van der Waals surface area contributed by atoms with Crippen molar-refractivity contribution in [2.45, 2.75) is 10.2 Å². The number of fused-ring (bicyclic) bond motifs is 1. The molecular formula is C19H10ClN5OS. The molecule has 0 amide bonds. The zero-order valence-corrected chi connectivity index (χ0v) is 15.3. The standard InChI is InChI=1S/C19H10ClN5OS/c20-16-18(23-14-9-5-4-8-13(14)22-16)27-19-24-15(11-6-2-1-3-7-11)12(10-21)17(26)25-19/h1-9H,(H,24,25,26). The summed E-state index contributed by atoms with van der Waals surface area (Å²) in [5, 5.41) is 10.3. The highest BCUT2D eigenvalue weighted by Gasteiger charge is 2.16. The van der Waals surface area contributed by atoms with Crippen molar-refractivity contribution in [2.24, 2.45) is 0 Å². The Balaban J connectivity index is 1.82. The van der Waals surface area contributed by atoms with Gasteiger partial charge in [0.1, 0.15) is 16.7 Å². The Labute approximate surface area is 162 Å². The molecule has 6 nitrogen and oxygen atoms in total. The Morgan fingerprint density at radius 2 is 1.63 bits per heavy atom. The zero-order valence-electron chi connectivity index (χ0n) is 13.7. The van der Waals surface area contributed by atoms with Crippen LogP contribution in [0.1, 0.15) is 5.56 Å². The molecule has 0 saturated heterocycles. The Kier molecular flexibility index (Phi) is 4.59. The van der Waals surface area contributed by atoms with Gasteiger partial charge in [0.2, 0.25) is 0 Å². The van der Waals surface area contributed by atoms with Gasteiger partial charge in [-0.2, -0.15) is 5.26 Å². The Hall–Kier alpha value is -3.21. The Morgan fingerprint density at radius 3 is 2.33 bits per heavy atom. The van der Waals surface area contributed by atoms with Crippen LogP contribution in [0.3, 0.4) is 0 Å². The van der Waals surface area contributed by atoms with Gasteiger partial charge in [0.05, 0.1) is 16.7 Å². The van der Waals surface area contributed by atoms with Crippen molar-refractivity contribution in [3.8, 4) is 17.3 Å². The number of rotatable bonds is 3. The van der Waals surface area contributed by atoms with E-state index in [4.69, 9.17) is 11.6 Å². The van der Waals surface area contributed by atoms with E-state index in [9.17, 15) is 10.1 Å². The van der Waals surface area contributed by atoms with Gasteiger partial charge in [0, 0.05) is 5.56 Å². The molecule has 4 rings (SSSR count). The molecule has 0 radical (unpaired) electrons. The second kappa shape index (κ2) is 7.19. The Morgan fingerprint density at radius 1 is 0.963 bits per heavy atom. The molecule has 0 spiro atoms. The molecule has 0 fully saturated rings. The third-order valence-electron chi connectivity index (χ3n) is 3.75. The Bertz CT molecular complexity index is 1250. The molecule has 0 aliphatic rings.